The van der Waals surface area contributed by atoms with Gasteiger partial charge in [0.15, 0.2) is 5.96 Å². The van der Waals surface area contributed by atoms with Crippen LogP contribution >= 0.6 is 47.1 Å². The van der Waals surface area contributed by atoms with Crippen LogP contribution in [-0.2, 0) is 4.74 Å². The zero-order chi connectivity index (χ0) is 19.1. The monoisotopic (exact) mass is 535 g/mol. The maximum atomic E-state index is 10.6. The summed E-state index contributed by atoms with van der Waals surface area (Å²) in [5.74, 6) is 0.762. The zero-order valence-corrected chi connectivity index (χ0v) is 20.4. The predicted molar refractivity (Wildman–Crippen MR) is 132 cm³/mol. The van der Waals surface area contributed by atoms with Gasteiger partial charge in [0.1, 0.15) is 6.10 Å². The van der Waals surface area contributed by atoms with Gasteiger partial charge < -0.3 is 20.5 Å². The molecule has 1 saturated heterocycles. The molecule has 28 heavy (non-hydrogen) atoms. The third kappa shape index (κ3) is 6.22. The average Bonchev–Trinajstić information content (AvgIpc) is 3.15. The summed E-state index contributed by atoms with van der Waals surface area (Å²) in [6, 6.07) is 10.3. The Morgan fingerprint density at radius 1 is 1.32 bits per heavy atom. The maximum absolute atomic E-state index is 10.6. The molecule has 1 aromatic heterocycles. The quantitative estimate of drug-likeness (QED) is 0.284. The normalized spacial score (nSPS) is 17.8. The molecule has 3 N–H and O–H groups in total. The van der Waals surface area contributed by atoms with Gasteiger partial charge in [0.05, 0.1) is 6.54 Å². The van der Waals surface area contributed by atoms with Crippen molar-refractivity contribution in [1.82, 2.24) is 10.6 Å². The van der Waals surface area contributed by atoms with Crippen molar-refractivity contribution >= 4 is 63.1 Å². The van der Waals surface area contributed by atoms with E-state index in [4.69, 9.17) is 9.73 Å². The molecule has 0 spiro atoms. The highest BCUT2D eigenvalue weighted by atomic mass is 127. The van der Waals surface area contributed by atoms with Gasteiger partial charge in [-0.15, -0.1) is 35.3 Å². The minimum atomic E-state index is -0.552. The molecule has 1 aliphatic heterocycles. The number of benzene rings is 1. The molecule has 2 heterocycles. The van der Waals surface area contributed by atoms with Crippen LogP contribution in [0.2, 0.25) is 0 Å². The van der Waals surface area contributed by atoms with Gasteiger partial charge in [0, 0.05) is 40.6 Å². The molecular formula is C20H30IN3O2S2. The number of aliphatic hydroxyl groups is 1. The molecule has 1 aliphatic rings. The van der Waals surface area contributed by atoms with Crippen LogP contribution in [-0.4, -0.2) is 54.9 Å². The number of nitrogens with one attached hydrogen (secondary N) is 2. The molecule has 156 valence electrons. The summed E-state index contributed by atoms with van der Waals surface area (Å²) in [5.41, 5.74) is 0. The minimum absolute atomic E-state index is 0. The van der Waals surface area contributed by atoms with Crippen molar-refractivity contribution in [3.8, 4) is 0 Å². The lowest BCUT2D eigenvalue weighted by Crippen LogP contribution is -2.42. The van der Waals surface area contributed by atoms with E-state index in [1.807, 2.05) is 23.9 Å². The van der Waals surface area contributed by atoms with Crippen molar-refractivity contribution in [2.45, 2.75) is 30.6 Å². The molecule has 2 aromatic rings. The molecule has 0 amide bonds. The van der Waals surface area contributed by atoms with Crippen LogP contribution < -0.4 is 10.6 Å². The lowest BCUT2D eigenvalue weighted by molar-refractivity contribution is 0.0794. The van der Waals surface area contributed by atoms with Gasteiger partial charge in [0.2, 0.25) is 0 Å². The van der Waals surface area contributed by atoms with Crippen LogP contribution in [0.25, 0.3) is 10.1 Å². The number of hydrogen-bond acceptors (Lipinski definition) is 5. The van der Waals surface area contributed by atoms with E-state index in [0.717, 1.165) is 50.0 Å². The number of guanidine groups is 1. The number of rotatable bonds is 7. The predicted octanol–water partition coefficient (Wildman–Crippen LogP) is 4.02. The molecule has 1 fully saturated rings. The third-order valence-electron chi connectivity index (χ3n) is 4.94. The van der Waals surface area contributed by atoms with Gasteiger partial charge in [-0.05, 0) is 43.5 Å². The van der Waals surface area contributed by atoms with Crippen molar-refractivity contribution in [1.29, 1.82) is 0 Å². The molecule has 8 heteroatoms. The summed E-state index contributed by atoms with van der Waals surface area (Å²) in [5, 5.41) is 18.4. The first-order valence-corrected chi connectivity index (χ1v) is 11.5. The van der Waals surface area contributed by atoms with Crippen molar-refractivity contribution in [2.24, 2.45) is 4.99 Å². The van der Waals surface area contributed by atoms with Crippen LogP contribution in [0.1, 0.15) is 30.7 Å². The van der Waals surface area contributed by atoms with Crippen LogP contribution in [0.5, 0.6) is 0 Å². The highest BCUT2D eigenvalue weighted by Gasteiger charge is 2.31. The van der Waals surface area contributed by atoms with Gasteiger partial charge in [0.25, 0.3) is 0 Å². The fraction of sp³-hybridized carbons (Fsp3) is 0.550. The Bertz CT molecular complexity index is 730. The molecule has 1 unspecified atom stereocenters. The number of aliphatic hydroxyl groups excluding tert-OH is 1. The van der Waals surface area contributed by atoms with Crippen LogP contribution in [0.4, 0.5) is 0 Å². The van der Waals surface area contributed by atoms with E-state index >= 15 is 0 Å². The summed E-state index contributed by atoms with van der Waals surface area (Å²) < 4.78 is 6.87. The van der Waals surface area contributed by atoms with Crippen molar-refractivity contribution in [3.05, 3.63) is 35.2 Å². The lowest BCUT2D eigenvalue weighted by atomic mass is 9.99. The molecule has 1 aromatic carbocycles. The second-order valence-corrected chi connectivity index (χ2v) is 9.17. The SMILES string of the molecule is CCNC(=NCC1(SC)CCOCC1)NCC(O)c1cc2ccccc2s1.I. The maximum Gasteiger partial charge on any atom is 0.191 e. The fourth-order valence-electron chi connectivity index (χ4n) is 3.20. The Kier molecular flexibility index (Phi) is 9.82. The molecule has 0 bridgehead atoms. The second-order valence-electron chi connectivity index (χ2n) is 6.78. The number of thioether (sulfide) groups is 1. The summed E-state index contributed by atoms with van der Waals surface area (Å²) in [6.45, 7) is 5.66. The topological polar surface area (TPSA) is 65.9 Å². The number of aliphatic imine (C=N–C) groups is 1. The first-order chi connectivity index (χ1) is 13.2. The van der Waals surface area contributed by atoms with Crippen molar-refractivity contribution < 1.29 is 9.84 Å². The van der Waals surface area contributed by atoms with E-state index in [0.29, 0.717) is 6.54 Å². The molecule has 0 radical (unpaired) electrons. The van der Waals surface area contributed by atoms with E-state index in [9.17, 15) is 5.11 Å². The molecule has 3 rings (SSSR count). The number of nitrogens with zero attached hydrogens (tertiary/aromatic N) is 1. The third-order valence-corrected chi connectivity index (χ3v) is 7.56. The van der Waals surface area contributed by atoms with Crippen molar-refractivity contribution in [3.63, 3.8) is 0 Å². The average molecular weight is 536 g/mol. The fourth-order valence-corrected chi connectivity index (χ4v) is 5.01. The van der Waals surface area contributed by atoms with Gasteiger partial charge in [-0.1, -0.05) is 18.2 Å². The minimum Gasteiger partial charge on any atom is -0.386 e. The molecule has 1 atom stereocenters. The Labute approximate surface area is 192 Å². The summed E-state index contributed by atoms with van der Waals surface area (Å²) in [7, 11) is 0. The van der Waals surface area contributed by atoms with Crippen LogP contribution in [0.15, 0.2) is 35.3 Å². The summed E-state index contributed by atoms with van der Waals surface area (Å²) in [4.78, 5) is 5.78. The number of fused-ring (bicyclic) bond motifs is 1. The second kappa shape index (κ2) is 11.6. The van der Waals surface area contributed by atoms with Crippen LogP contribution in [0.3, 0.4) is 0 Å². The molecule has 0 saturated carbocycles. The Hall–Kier alpha value is -0.550. The highest BCUT2D eigenvalue weighted by Crippen LogP contribution is 2.34. The standard InChI is InChI=1S/C20H29N3O2S2.HI/c1-3-21-19(23-14-20(26-2)8-10-25-11-9-20)22-13-16(24)18-12-15-6-4-5-7-17(15)27-18;/h4-7,12,16,24H,3,8-11,13-14H2,1-2H3,(H2,21,22,23);1H. The number of hydrogen-bond donors (Lipinski definition) is 3. The van der Waals surface area contributed by atoms with Crippen molar-refractivity contribution in [2.75, 3.05) is 39.1 Å². The first kappa shape index (κ1) is 23.7. The van der Waals surface area contributed by atoms with Crippen LogP contribution in [0, 0.1) is 0 Å². The van der Waals surface area contributed by atoms with Gasteiger partial charge in [-0.25, -0.2) is 0 Å². The Balaban J connectivity index is 0.00000280. The number of halogens is 1. The lowest BCUT2D eigenvalue weighted by Gasteiger charge is -2.34. The zero-order valence-electron chi connectivity index (χ0n) is 16.4. The van der Waals surface area contributed by atoms with E-state index in [2.05, 4.69) is 42.0 Å². The smallest absolute Gasteiger partial charge is 0.191 e. The Morgan fingerprint density at radius 2 is 2.07 bits per heavy atom. The first-order valence-electron chi connectivity index (χ1n) is 9.47. The molecule has 5 nitrogen and oxygen atoms in total. The highest BCUT2D eigenvalue weighted by molar-refractivity contribution is 14.0. The van der Waals surface area contributed by atoms with E-state index in [-0.39, 0.29) is 28.7 Å². The Morgan fingerprint density at radius 3 is 2.75 bits per heavy atom. The van der Waals surface area contributed by atoms with Gasteiger partial charge in [-0.3, -0.25) is 4.99 Å². The largest absolute Gasteiger partial charge is 0.386 e. The summed E-state index contributed by atoms with van der Waals surface area (Å²) in [6.07, 6.45) is 3.67. The molecule has 0 aliphatic carbocycles. The number of thiophene rings is 1. The number of ether oxygens (including phenoxy) is 1. The van der Waals surface area contributed by atoms with E-state index < -0.39 is 6.10 Å². The molecular weight excluding hydrogens is 505 g/mol. The van der Waals surface area contributed by atoms with Gasteiger partial charge in [-0.2, -0.15) is 11.8 Å². The van der Waals surface area contributed by atoms with Gasteiger partial charge >= 0.3 is 0 Å². The van der Waals surface area contributed by atoms with E-state index in [1.165, 1.54) is 10.1 Å². The summed E-state index contributed by atoms with van der Waals surface area (Å²) >= 11 is 3.53. The van der Waals surface area contributed by atoms with E-state index in [1.54, 1.807) is 11.3 Å².